The number of hydrogen-bond donors (Lipinski definition) is 2. The lowest BCUT2D eigenvalue weighted by molar-refractivity contribution is 0.102. The quantitative estimate of drug-likeness (QED) is 0.884. The standard InChI is InChI=1S/C14H12Cl2FN3O/c1-2-18-13-10(16)6-8(7-19-13)14(21)20-12-9(15)4-3-5-11(12)17/h3-7H,2H2,1H3,(H,18,19)(H,20,21). The van der Waals surface area contributed by atoms with Crippen LogP contribution in [0.15, 0.2) is 30.5 Å². The Morgan fingerprint density at radius 2 is 2.10 bits per heavy atom. The first-order chi connectivity index (χ1) is 10.0. The minimum Gasteiger partial charge on any atom is -0.369 e. The fraction of sp³-hybridized carbons (Fsp3) is 0.143. The molecule has 0 radical (unpaired) electrons. The molecule has 21 heavy (non-hydrogen) atoms. The van der Waals surface area contributed by atoms with Gasteiger partial charge in [0.25, 0.3) is 5.91 Å². The summed E-state index contributed by atoms with van der Waals surface area (Å²) >= 11 is 11.9. The van der Waals surface area contributed by atoms with Crippen molar-refractivity contribution < 1.29 is 9.18 Å². The number of rotatable bonds is 4. The van der Waals surface area contributed by atoms with Crippen molar-refractivity contribution in [2.24, 2.45) is 0 Å². The summed E-state index contributed by atoms with van der Waals surface area (Å²) in [5.74, 6) is -0.668. The molecule has 2 N–H and O–H groups in total. The molecule has 0 aliphatic carbocycles. The molecule has 0 aliphatic heterocycles. The van der Waals surface area contributed by atoms with Crippen molar-refractivity contribution in [3.05, 3.63) is 51.9 Å². The molecule has 2 rings (SSSR count). The van der Waals surface area contributed by atoms with Crippen LogP contribution in [-0.2, 0) is 0 Å². The van der Waals surface area contributed by atoms with E-state index in [0.717, 1.165) is 0 Å². The molecule has 0 atom stereocenters. The molecular weight excluding hydrogens is 316 g/mol. The fourth-order valence-corrected chi connectivity index (χ4v) is 2.11. The van der Waals surface area contributed by atoms with Gasteiger partial charge in [-0.05, 0) is 25.1 Å². The van der Waals surface area contributed by atoms with Gasteiger partial charge < -0.3 is 10.6 Å². The monoisotopic (exact) mass is 327 g/mol. The molecule has 1 amide bonds. The summed E-state index contributed by atoms with van der Waals surface area (Å²) < 4.78 is 13.6. The first-order valence-corrected chi connectivity index (χ1v) is 6.93. The number of halogens is 3. The zero-order chi connectivity index (χ0) is 15.4. The molecule has 4 nitrogen and oxygen atoms in total. The van der Waals surface area contributed by atoms with Gasteiger partial charge in [-0.3, -0.25) is 4.79 Å². The molecule has 7 heteroatoms. The Kier molecular flexibility index (Phi) is 4.98. The van der Waals surface area contributed by atoms with Gasteiger partial charge in [0.1, 0.15) is 11.6 Å². The van der Waals surface area contributed by atoms with E-state index in [0.29, 0.717) is 17.4 Å². The second kappa shape index (κ2) is 6.74. The van der Waals surface area contributed by atoms with Gasteiger partial charge in [0.05, 0.1) is 21.3 Å². The van der Waals surface area contributed by atoms with Gasteiger partial charge in [-0.1, -0.05) is 29.3 Å². The van der Waals surface area contributed by atoms with Gasteiger partial charge in [-0.2, -0.15) is 0 Å². The summed E-state index contributed by atoms with van der Waals surface area (Å²) in [5.41, 5.74) is 0.136. The average molecular weight is 328 g/mol. The summed E-state index contributed by atoms with van der Waals surface area (Å²) in [5, 5.41) is 5.79. The SMILES string of the molecule is CCNc1ncc(C(=O)Nc2c(F)cccc2Cl)cc1Cl. The number of para-hydroxylation sites is 1. The van der Waals surface area contributed by atoms with E-state index in [1.807, 2.05) is 6.92 Å². The smallest absolute Gasteiger partial charge is 0.257 e. The third-order valence-electron chi connectivity index (χ3n) is 2.65. The van der Waals surface area contributed by atoms with Crippen LogP contribution >= 0.6 is 23.2 Å². The second-order valence-corrected chi connectivity index (χ2v) is 4.95. The van der Waals surface area contributed by atoms with E-state index in [2.05, 4.69) is 15.6 Å². The number of pyridine rings is 1. The van der Waals surface area contributed by atoms with E-state index in [4.69, 9.17) is 23.2 Å². The van der Waals surface area contributed by atoms with Crippen LogP contribution in [0.5, 0.6) is 0 Å². The maximum Gasteiger partial charge on any atom is 0.257 e. The van der Waals surface area contributed by atoms with Crippen LogP contribution in [-0.4, -0.2) is 17.4 Å². The third kappa shape index (κ3) is 3.62. The number of benzene rings is 1. The van der Waals surface area contributed by atoms with Crippen molar-refractivity contribution in [1.82, 2.24) is 4.98 Å². The third-order valence-corrected chi connectivity index (χ3v) is 3.25. The van der Waals surface area contributed by atoms with Gasteiger partial charge in [0, 0.05) is 12.7 Å². The minimum atomic E-state index is -0.612. The van der Waals surface area contributed by atoms with Crippen molar-refractivity contribution in [2.75, 3.05) is 17.2 Å². The largest absolute Gasteiger partial charge is 0.369 e. The lowest BCUT2D eigenvalue weighted by Crippen LogP contribution is -2.14. The lowest BCUT2D eigenvalue weighted by atomic mass is 10.2. The number of hydrogen-bond acceptors (Lipinski definition) is 3. The van der Waals surface area contributed by atoms with E-state index >= 15 is 0 Å². The van der Waals surface area contributed by atoms with Crippen LogP contribution < -0.4 is 10.6 Å². The van der Waals surface area contributed by atoms with Crippen LogP contribution in [0.2, 0.25) is 10.0 Å². The molecule has 110 valence electrons. The van der Waals surface area contributed by atoms with Crippen LogP contribution in [0.25, 0.3) is 0 Å². The van der Waals surface area contributed by atoms with Crippen molar-refractivity contribution in [3.63, 3.8) is 0 Å². The molecule has 1 heterocycles. The summed E-state index contributed by atoms with van der Waals surface area (Å²) in [7, 11) is 0. The van der Waals surface area contributed by atoms with Gasteiger partial charge in [0.2, 0.25) is 0 Å². The van der Waals surface area contributed by atoms with Crippen LogP contribution in [0.1, 0.15) is 17.3 Å². The van der Waals surface area contributed by atoms with Crippen molar-refractivity contribution in [2.45, 2.75) is 6.92 Å². The molecule has 0 unspecified atom stereocenters. The lowest BCUT2D eigenvalue weighted by Gasteiger charge is -2.10. The first-order valence-electron chi connectivity index (χ1n) is 6.17. The maximum absolute atomic E-state index is 13.6. The Hall–Kier alpha value is -1.85. The van der Waals surface area contributed by atoms with Crippen molar-refractivity contribution >= 4 is 40.6 Å². The van der Waals surface area contributed by atoms with E-state index in [-0.39, 0.29) is 16.3 Å². The highest BCUT2D eigenvalue weighted by Gasteiger charge is 2.14. The molecular formula is C14H12Cl2FN3O. The molecule has 0 aliphatic rings. The highest BCUT2D eigenvalue weighted by atomic mass is 35.5. The number of aromatic nitrogens is 1. The van der Waals surface area contributed by atoms with Crippen LogP contribution in [0.3, 0.4) is 0 Å². The summed E-state index contributed by atoms with van der Waals surface area (Å²) in [6.45, 7) is 2.56. The summed E-state index contributed by atoms with van der Waals surface area (Å²) in [4.78, 5) is 16.1. The van der Waals surface area contributed by atoms with Gasteiger partial charge in [-0.15, -0.1) is 0 Å². The van der Waals surface area contributed by atoms with Gasteiger partial charge in [-0.25, -0.2) is 9.37 Å². The van der Waals surface area contributed by atoms with E-state index in [1.165, 1.54) is 30.5 Å². The second-order valence-electron chi connectivity index (χ2n) is 4.14. The van der Waals surface area contributed by atoms with Crippen molar-refractivity contribution in [1.29, 1.82) is 0 Å². The fourth-order valence-electron chi connectivity index (χ4n) is 1.66. The number of nitrogens with zero attached hydrogens (tertiary/aromatic N) is 1. The number of carbonyl (C=O) groups is 1. The molecule has 1 aromatic heterocycles. The molecule has 0 spiro atoms. The maximum atomic E-state index is 13.6. The summed E-state index contributed by atoms with van der Waals surface area (Å²) in [6, 6.07) is 5.61. The minimum absolute atomic E-state index is 0.0731. The van der Waals surface area contributed by atoms with E-state index in [1.54, 1.807) is 0 Å². The molecule has 2 aromatic rings. The highest BCUT2D eigenvalue weighted by Crippen LogP contribution is 2.26. The summed E-state index contributed by atoms with van der Waals surface area (Å²) in [6.07, 6.45) is 1.36. The Labute approximate surface area is 131 Å². The molecule has 0 saturated heterocycles. The van der Waals surface area contributed by atoms with Crippen LogP contribution in [0, 0.1) is 5.82 Å². The zero-order valence-corrected chi connectivity index (χ0v) is 12.6. The van der Waals surface area contributed by atoms with Crippen LogP contribution in [0.4, 0.5) is 15.9 Å². The molecule has 0 bridgehead atoms. The molecule has 0 fully saturated rings. The number of carbonyl (C=O) groups excluding carboxylic acids is 1. The molecule has 1 aromatic carbocycles. The molecule has 0 saturated carbocycles. The number of anilines is 2. The first kappa shape index (κ1) is 15.5. The normalized spacial score (nSPS) is 10.3. The Balaban J connectivity index is 2.23. The van der Waals surface area contributed by atoms with Gasteiger partial charge >= 0.3 is 0 Å². The Morgan fingerprint density at radius 3 is 2.71 bits per heavy atom. The number of amides is 1. The number of nitrogens with one attached hydrogen (secondary N) is 2. The van der Waals surface area contributed by atoms with E-state index < -0.39 is 11.7 Å². The Bertz CT molecular complexity index is 659. The average Bonchev–Trinajstić information content (AvgIpc) is 2.45. The Morgan fingerprint density at radius 1 is 1.33 bits per heavy atom. The highest BCUT2D eigenvalue weighted by molar-refractivity contribution is 6.34. The zero-order valence-electron chi connectivity index (χ0n) is 11.1. The predicted molar refractivity (Wildman–Crippen MR) is 82.8 cm³/mol. The van der Waals surface area contributed by atoms with Crippen molar-refractivity contribution in [3.8, 4) is 0 Å². The van der Waals surface area contributed by atoms with Gasteiger partial charge in [0.15, 0.2) is 0 Å². The van der Waals surface area contributed by atoms with E-state index in [9.17, 15) is 9.18 Å². The topological polar surface area (TPSA) is 54.0 Å². The predicted octanol–water partition coefficient (Wildman–Crippen LogP) is 4.21.